The molecule has 2 aromatic carbocycles. The summed E-state index contributed by atoms with van der Waals surface area (Å²) in [5, 5.41) is 3.05. The number of fused-ring (bicyclic) bond motifs is 2. The smallest absolute Gasteiger partial charge is 0.262 e. The zero-order chi connectivity index (χ0) is 20.6. The summed E-state index contributed by atoms with van der Waals surface area (Å²) in [4.78, 5) is 12.6. The SMILES string of the molecule is CC(NC(=O)c1cccc(S(=O)(=O)Nc2ccccc2F)c1)C1CC2CCC1C2. The van der Waals surface area contributed by atoms with Crippen molar-refractivity contribution in [2.24, 2.45) is 17.8 Å². The van der Waals surface area contributed by atoms with Gasteiger partial charge in [0, 0.05) is 11.6 Å². The Hall–Kier alpha value is -2.41. The van der Waals surface area contributed by atoms with Gasteiger partial charge in [-0.15, -0.1) is 0 Å². The number of benzene rings is 2. The topological polar surface area (TPSA) is 75.3 Å². The largest absolute Gasteiger partial charge is 0.349 e. The average molecular weight is 417 g/mol. The second-order valence-electron chi connectivity index (χ2n) is 8.21. The van der Waals surface area contributed by atoms with Gasteiger partial charge in [0.2, 0.25) is 0 Å². The zero-order valence-electron chi connectivity index (χ0n) is 16.3. The van der Waals surface area contributed by atoms with E-state index in [0.717, 1.165) is 12.3 Å². The molecule has 2 bridgehead atoms. The first-order valence-corrected chi connectivity index (χ1v) is 11.5. The van der Waals surface area contributed by atoms with Crippen molar-refractivity contribution >= 4 is 21.6 Å². The van der Waals surface area contributed by atoms with Crippen molar-refractivity contribution in [3.05, 3.63) is 59.9 Å². The van der Waals surface area contributed by atoms with E-state index in [-0.39, 0.29) is 28.1 Å². The summed E-state index contributed by atoms with van der Waals surface area (Å²) >= 11 is 0. The maximum Gasteiger partial charge on any atom is 0.262 e. The lowest BCUT2D eigenvalue weighted by atomic mass is 9.84. The third kappa shape index (κ3) is 4.15. The molecule has 2 saturated carbocycles. The summed E-state index contributed by atoms with van der Waals surface area (Å²) in [7, 11) is -4.01. The molecule has 2 aliphatic rings. The Balaban J connectivity index is 1.47. The highest BCUT2D eigenvalue weighted by Crippen LogP contribution is 2.49. The van der Waals surface area contributed by atoms with Crippen LogP contribution in [0.3, 0.4) is 0 Å². The molecule has 1 amide bonds. The Morgan fingerprint density at radius 3 is 2.59 bits per heavy atom. The summed E-state index contributed by atoms with van der Waals surface area (Å²) in [6, 6.07) is 11.4. The second kappa shape index (κ2) is 7.78. The number of anilines is 1. The predicted molar refractivity (Wildman–Crippen MR) is 110 cm³/mol. The van der Waals surface area contributed by atoms with Gasteiger partial charge >= 0.3 is 0 Å². The van der Waals surface area contributed by atoms with Crippen LogP contribution in [0.1, 0.15) is 43.0 Å². The van der Waals surface area contributed by atoms with Gasteiger partial charge in [-0.05, 0) is 74.3 Å². The van der Waals surface area contributed by atoms with Crippen molar-refractivity contribution in [1.82, 2.24) is 5.32 Å². The van der Waals surface area contributed by atoms with Gasteiger partial charge in [-0.1, -0.05) is 24.6 Å². The number of sulfonamides is 1. The summed E-state index contributed by atoms with van der Waals surface area (Å²) in [6.45, 7) is 2.03. The fourth-order valence-corrected chi connectivity index (χ4v) is 5.97. The molecule has 0 aliphatic heterocycles. The van der Waals surface area contributed by atoms with Gasteiger partial charge in [0.1, 0.15) is 5.82 Å². The number of carbonyl (C=O) groups excluding carboxylic acids is 1. The van der Waals surface area contributed by atoms with Crippen molar-refractivity contribution in [3.8, 4) is 0 Å². The Kier molecular flexibility index (Phi) is 5.34. The van der Waals surface area contributed by atoms with E-state index >= 15 is 0 Å². The molecule has 154 valence electrons. The van der Waals surface area contributed by atoms with Crippen LogP contribution in [0.2, 0.25) is 0 Å². The maximum atomic E-state index is 13.8. The highest BCUT2D eigenvalue weighted by molar-refractivity contribution is 7.92. The van der Waals surface area contributed by atoms with Crippen LogP contribution in [0.4, 0.5) is 10.1 Å². The number of carbonyl (C=O) groups is 1. The summed E-state index contributed by atoms with van der Waals surface area (Å²) in [5.41, 5.74) is 0.142. The molecule has 2 aliphatic carbocycles. The van der Waals surface area contributed by atoms with Gasteiger partial charge < -0.3 is 5.32 Å². The van der Waals surface area contributed by atoms with Crippen molar-refractivity contribution < 1.29 is 17.6 Å². The minimum absolute atomic E-state index is 0.0506. The van der Waals surface area contributed by atoms with Gasteiger partial charge in [-0.3, -0.25) is 9.52 Å². The first-order valence-electron chi connectivity index (χ1n) is 10.0. The number of nitrogens with one attached hydrogen (secondary N) is 2. The van der Waals surface area contributed by atoms with Crippen LogP contribution in [0.15, 0.2) is 53.4 Å². The van der Waals surface area contributed by atoms with E-state index in [9.17, 15) is 17.6 Å². The molecule has 4 unspecified atom stereocenters. The van der Waals surface area contributed by atoms with Gasteiger partial charge in [0.05, 0.1) is 10.6 Å². The molecule has 0 radical (unpaired) electrons. The van der Waals surface area contributed by atoms with Gasteiger partial charge in [-0.2, -0.15) is 0 Å². The first-order chi connectivity index (χ1) is 13.8. The number of hydrogen-bond donors (Lipinski definition) is 2. The van der Waals surface area contributed by atoms with Gasteiger partial charge in [-0.25, -0.2) is 12.8 Å². The van der Waals surface area contributed by atoms with Crippen LogP contribution >= 0.6 is 0 Å². The van der Waals surface area contributed by atoms with Crippen LogP contribution in [-0.2, 0) is 10.0 Å². The molecule has 0 spiro atoms. The molecule has 4 atom stereocenters. The lowest BCUT2D eigenvalue weighted by molar-refractivity contribution is 0.0915. The summed E-state index contributed by atoms with van der Waals surface area (Å²) in [6.07, 6.45) is 4.97. The highest BCUT2D eigenvalue weighted by Gasteiger charge is 2.42. The van der Waals surface area contributed by atoms with E-state index < -0.39 is 15.8 Å². The molecular formula is C22H25FN2O3S. The maximum absolute atomic E-state index is 13.8. The fourth-order valence-electron chi connectivity index (χ4n) is 4.86. The van der Waals surface area contributed by atoms with Crippen molar-refractivity contribution in [2.45, 2.75) is 43.5 Å². The van der Waals surface area contributed by atoms with E-state index in [1.165, 1.54) is 55.7 Å². The number of rotatable bonds is 6. The minimum Gasteiger partial charge on any atom is -0.349 e. The highest BCUT2D eigenvalue weighted by atomic mass is 32.2. The van der Waals surface area contributed by atoms with Crippen LogP contribution in [0, 0.1) is 23.6 Å². The molecule has 29 heavy (non-hydrogen) atoms. The quantitative estimate of drug-likeness (QED) is 0.742. The molecule has 0 heterocycles. The van der Waals surface area contributed by atoms with Crippen molar-refractivity contribution in [3.63, 3.8) is 0 Å². The zero-order valence-corrected chi connectivity index (χ0v) is 17.1. The number of amides is 1. The van der Waals surface area contributed by atoms with E-state index in [1.54, 1.807) is 12.1 Å². The van der Waals surface area contributed by atoms with E-state index in [1.807, 2.05) is 6.92 Å². The molecule has 0 aromatic heterocycles. The second-order valence-corrected chi connectivity index (χ2v) is 9.90. The average Bonchev–Trinajstić information content (AvgIpc) is 3.33. The normalized spacial score (nSPS) is 24.3. The molecular weight excluding hydrogens is 391 g/mol. The standard InChI is InChI=1S/C22H25FN2O3S/c1-14(19-12-15-9-10-16(19)11-15)24-22(26)17-5-4-6-18(13-17)29(27,28)25-21-8-3-2-7-20(21)23/h2-8,13-16,19,25H,9-12H2,1H3,(H,24,26). The summed E-state index contributed by atoms with van der Waals surface area (Å²) < 4.78 is 41.3. The Bertz CT molecular complexity index is 1020. The monoisotopic (exact) mass is 416 g/mol. The van der Waals surface area contributed by atoms with E-state index in [4.69, 9.17) is 0 Å². The lowest BCUT2D eigenvalue weighted by Gasteiger charge is -2.28. The number of hydrogen-bond acceptors (Lipinski definition) is 3. The Morgan fingerprint density at radius 1 is 1.10 bits per heavy atom. The molecule has 2 fully saturated rings. The Morgan fingerprint density at radius 2 is 1.90 bits per heavy atom. The molecule has 7 heteroatoms. The van der Waals surface area contributed by atoms with Crippen LogP contribution < -0.4 is 10.0 Å². The number of para-hydroxylation sites is 1. The van der Waals surface area contributed by atoms with Crippen LogP contribution in [0.25, 0.3) is 0 Å². The third-order valence-electron chi connectivity index (χ3n) is 6.32. The molecule has 4 rings (SSSR count). The molecule has 5 nitrogen and oxygen atoms in total. The van der Waals surface area contributed by atoms with E-state index in [0.29, 0.717) is 11.8 Å². The van der Waals surface area contributed by atoms with E-state index in [2.05, 4.69) is 10.0 Å². The van der Waals surface area contributed by atoms with Gasteiger partial charge in [0.25, 0.3) is 15.9 Å². The summed E-state index contributed by atoms with van der Waals surface area (Å²) in [5.74, 6) is 1.02. The number of halogens is 1. The third-order valence-corrected chi connectivity index (χ3v) is 7.68. The molecule has 0 saturated heterocycles. The minimum atomic E-state index is -4.01. The van der Waals surface area contributed by atoms with Crippen LogP contribution in [0.5, 0.6) is 0 Å². The Labute approximate surface area is 170 Å². The lowest BCUT2D eigenvalue weighted by Crippen LogP contribution is -2.40. The molecule has 2 N–H and O–H groups in total. The first kappa shape index (κ1) is 19.9. The fraction of sp³-hybridized carbons (Fsp3) is 0.409. The van der Waals surface area contributed by atoms with Crippen molar-refractivity contribution in [2.75, 3.05) is 4.72 Å². The van der Waals surface area contributed by atoms with Gasteiger partial charge in [0.15, 0.2) is 0 Å². The predicted octanol–water partition coefficient (Wildman–Crippen LogP) is 4.18. The van der Waals surface area contributed by atoms with Crippen LogP contribution in [-0.4, -0.2) is 20.4 Å². The molecule has 2 aromatic rings. The van der Waals surface area contributed by atoms with Crippen molar-refractivity contribution in [1.29, 1.82) is 0 Å².